The molecule has 1 aromatic carbocycles. The van der Waals surface area contributed by atoms with Gasteiger partial charge in [0.1, 0.15) is 0 Å². The molecule has 21 heavy (non-hydrogen) atoms. The van der Waals surface area contributed by atoms with Gasteiger partial charge in [-0.05, 0) is 18.1 Å². The van der Waals surface area contributed by atoms with Gasteiger partial charge in [-0.1, -0.05) is 18.2 Å². The summed E-state index contributed by atoms with van der Waals surface area (Å²) in [6.45, 7) is 1.22. The summed E-state index contributed by atoms with van der Waals surface area (Å²) in [5.41, 5.74) is 6.83. The second-order valence-electron chi connectivity index (χ2n) is 5.28. The van der Waals surface area contributed by atoms with Crippen LogP contribution in [-0.2, 0) is 16.0 Å². The van der Waals surface area contributed by atoms with Crippen LogP contribution >= 0.6 is 0 Å². The quantitative estimate of drug-likeness (QED) is 0.817. The summed E-state index contributed by atoms with van der Waals surface area (Å²) in [5, 5.41) is 9.13. The number of nitrogens with zero attached hydrogens (tertiary/aromatic N) is 1. The maximum Gasteiger partial charge on any atom is 0.335 e. The van der Waals surface area contributed by atoms with Crippen molar-refractivity contribution in [1.29, 1.82) is 0 Å². The third kappa shape index (κ3) is 3.59. The molecule has 2 atom stereocenters. The SMILES string of the molecule is CN(CCc1ccccc1C(=O)O)C(=O)C1COCC1N. The second-order valence-corrected chi connectivity index (χ2v) is 5.28. The summed E-state index contributed by atoms with van der Waals surface area (Å²) in [4.78, 5) is 25.0. The summed E-state index contributed by atoms with van der Waals surface area (Å²) in [6.07, 6.45) is 0.494. The first kappa shape index (κ1) is 15.5. The zero-order chi connectivity index (χ0) is 15.4. The number of aromatic carboxylic acids is 1. The van der Waals surface area contributed by atoms with Gasteiger partial charge in [-0.3, -0.25) is 4.79 Å². The predicted molar refractivity (Wildman–Crippen MR) is 77.0 cm³/mol. The van der Waals surface area contributed by atoms with Gasteiger partial charge in [-0.2, -0.15) is 0 Å². The molecule has 1 aromatic rings. The monoisotopic (exact) mass is 292 g/mol. The van der Waals surface area contributed by atoms with Crippen LogP contribution in [0.25, 0.3) is 0 Å². The molecule has 1 amide bonds. The third-order valence-corrected chi connectivity index (χ3v) is 3.78. The van der Waals surface area contributed by atoms with E-state index in [1.807, 2.05) is 0 Å². The molecule has 114 valence electrons. The predicted octanol–water partition coefficient (Wildman–Crippen LogP) is 0.359. The van der Waals surface area contributed by atoms with Crippen molar-refractivity contribution in [1.82, 2.24) is 4.90 Å². The topological polar surface area (TPSA) is 92.9 Å². The van der Waals surface area contributed by atoms with Gasteiger partial charge >= 0.3 is 5.97 Å². The Hall–Kier alpha value is -1.92. The van der Waals surface area contributed by atoms with Gasteiger partial charge in [-0.15, -0.1) is 0 Å². The van der Waals surface area contributed by atoms with E-state index in [2.05, 4.69) is 0 Å². The highest BCUT2D eigenvalue weighted by Gasteiger charge is 2.33. The number of hydrogen-bond donors (Lipinski definition) is 2. The van der Waals surface area contributed by atoms with Crippen molar-refractivity contribution in [2.24, 2.45) is 11.7 Å². The fourth-order valence-electron chi connectivity index (χ4n) is 2.45. The number of likely N-dealkylation sites (N-methyl/N-ethyl adjacent to an activating group) is 1. The first-order valence-electron chi connectivity index (χ1n) is 6.90. The molecule has 0 saturated carbocycles. The average molecular weight is 292 g/mol. The fraction of sp³-hybridized carbons (Fsp3) is 0.467. The number of benzene rings is 1. The van der Waals surface area contributed by atoms with Gasteiger partial charge in [0.15, 0.2) is 0 Å². The molecule has 0 aliphatic carbocycles. The standard InChI is InChI=1S/C15H20N2O4/c1-17(14(18)12-8-21-9-13(12)16)7-6-10-4-2-3-5-11(10)15(19)20/h2-5,12-13H,6-9,16H2,1H3,(H,19,20). The Balaban J connectivity index is 1.96. The second kappa shape index (κ2) is 6.69. The van der Waals surface area contributed by atoms with Crippen molar-refractivity contribution in [2.45, 2.75) is 12.5 Å². The van der Waals surface area contributed by atoms with E-state index >= 15 is 0 Å². The molecular weight excluding hydrogens is 272 g/mol. The van der Waals surface area contributed by atoms with Crippen molar-refractivity contribution in [3.05, 3.63) is 35.4 Å². The van der Waals surface area contributed by atoms with Crippen LogP contribution in [0.4, 0.5) is 0 Å². The van der Waals surface area contributed by atoms with E-state index in [9.17, 15) is 9.59 Å². The Morgan fingerprint density at radius 3 is 2.71 bits per heavy atom. The molecule has 6 heteroatoms. The molecule has 1 fully saturated rings. The minimum atomic E-state index is -0.953. The van der Waals surface area contributed by atoms with Crippen molar-refractivity contribution in [3.63, 3.8) is 0 Å². The van der Waals surface area contributed by atoms with Crippen LogP contribution in [0.5, 0.6) is 0 Å². The molecule has 3 N–H and O–H groups in total. The zero-order valence-corrected chi connectivity index (χ0v) is 12.0. The number of ether oxygens (including phenoxy) is 1. The zero-order valence-electron chi connectivity index (χ0n) is 12.0. The lowest BCUT2D eigenvalue weighted by atomic mass is 10.0. The first-order valence-corrected chi connectivity index (χ1v) is 6.90. The van der Waals surface area contributed by atoms with E-state index in [1.54, 1.807) is 36.2 Å². The van der Waals surface area contributed by atoms with Gasteiger partial charge in [-0.25, -0.2) is 4.79 Å². The Kier molecular flexibility index (Phi) is 4.93. The number of amides is 1. The highest BCUT2D eigenvalue weighted by Crippen LogP contribution is 2.15. The number of carbonyl (C=O) groups is 2. The van der Waals surface area contributed by atoms with Crippen molar-refractivity contribution < 1.29 is 19.4 Å². The normalized spacial score (nSPS) is 21.2. The molecule has 1 aliphatic heterocycles. The van der Waals surface area contributed by atoms with Gasteiger partial charge in [0.05, 0.1) is 24.7 Å². The maximum absolute atomic E-state index is 12.2. The molecule has 0 spiro atoms. The number of carbonyl (C=O) groups excluding carboxylic acids is 1. The lowest BCUT2D eigenvalue weighted by molar-refractivity contribution is -0.134. The van der Waals surface area contributed by atoms with E-state index in [-0.39, 0.29) is 23.4 Å². The number of nitrogens with two attached hydrogens (primary N) is 1. The molecule has 1 saturated heterocycles. The van der Waals surface area contributed by atoms with Crippen molar-refractivity contribution in [3.8, 4) is 0 Å². The van der Waals surface area contributed by atoms with E-state index in [0.29, 0.717) is 26.2 Å². The average Bonchev–Trinajstić information content (AvgIpc) is 2.90. The first-order chi connectivity index (χ1) is 10.0. The van der Waals surface area contributed by atoms with Crippen LogP contribution < -0.4 is 5.73 Å². The summed E-state index contributed by atoms with van der Waals surface area (Å²) in [6, 6.07) is 6.57. The molecule has 0 aromatic heterocycles. The molecule has 1 aliphatic rings. The van der Waals surface area contributed by atoms with Crippen molar-refractivity contribution >= 4 is 11.9 Å². The van der Waals surface area contributed by atoms with Crippen LogP contribution in [0.3, 0.4) is 0 Å². The fourth-order valence-corrected chi connectivity index (χ4v) is 2.45. The summed E-state index contributed by atoms with van der Waals surface area (Å²) in [7, 11) is 1.71. The van der Waals surface area contributed by atoms with E-state index in [0.717, 1.165) is 5.56 Å². The molecular formula is C15H20N2O4. The van der Waals surface area contributed by atoms with Gasteiger partial charge in [0.25, 0.3) is 0 Å². The van der Waals surface area contributed by atoms with Crippen LogP contribution in [0, 0.1) is 5.92 Å². The Bertz CT molecular complexity index is 532. The van der Waals surface area contributed by atoms with Crippen LogP contribution in [0.1, 0.15) is 15.9 Å². The summed E-state index contributed by atoms with van der Waals surface area (Å²) >= 11 is 0. The third-order valence-electron chi connectivity index (χ3n) is 3.78. The van der Waals surface area contributed by atoms with E-state index in [4.69, 9.17) is 15.6 Å². The Morgan fingerprint density at radius 2 is 2.10 bits per heavy atom. The molecule has 0 radical (unpaired) electrons. The molecule has 0 bridgehead atoms. The minimum Gasteiger partial charge on any atom is -0.478 e. The maximum atomic E-state index is 12.2. The molecule has 1 heterocycles. The summed E-state index contributed by atoms with van der Waals surface area (Å²) in [5.74, 6) is -1.30. The number of rotatable bonds is 5. The lowest BCUT2D eigenvalue weighted by Gasteiger charge is -2.22. The minimum absolute atomic E-state index is 0.0483. The Labute approximate surface area is 123 Å². The largest absolute Gasteiger partial charge is 0.478 e. The summed E-state index contributed by atoms with van der Waals surface area (Å²) < 4.78 is 5.20. The highest BCUT2D eigenvalue weighted by atomic mass is 16.5. The lowest BCUT2D eigenvalue weighted by Crippen LogP contribution is -2.42. The van der Waals surface area contributed by atoms with E-state index in [1.165, 1.54) is 0 Å². The molecule has 2 unspecified atom stereocenters. The number of carboxylic acid groups (broad SMARTS) is 1. The number of carboxylic acids is 1. The van der Waals surface area contributed by atoms with Gasteiger partial charge in [0.2, 0.25) is 5.91 Å². The Morgan fingerprint density at radius 1 is 1.38 bits per heavy atom. The van der Waals surface area contributed by atoms with E-state index < -0.39 is 5.97 Å². The smallest absolute Gasteiger partial charge is 0.335 e. The van der Waals surface area contributed by atoms with Gasteiger partial charge < -0.3 is 20.5 Å². The van der Waals surface area contributed by atoms with Gasteiger partial charge in [0, 0.05) is 19.6 Å². The molecule has 2 rings (SSSR count). The number of hydrogen-bond acceptors (Lipinski definition) is 4. The molecule has 6 nitrogen and oxygen atoms in total. The van der Waals surface area contributed by atoms with Crippen LogP contribution in [0.2, 0.25) is 0 Å². The van der Waals surface area contributed by atoms with Crippen LogP contribution in [0.15, 0.2) is 24.3 Å². The van der Waals surface area contributed by atoms with Crippen LogP contribution in [-0.4, -0.2) is 54.7 Å². The highest BCUT2D eigenvalue weighted by molar-refractivity contribution is 5.89. The van der Waals surface area contributed by atoms with Crippen molar-refractivity contribution in [2.75, 3.05) is 26.8 Å².